The molecule has 2 aromatic heterocycles. The predicted octanol–water partition coefficient (Wildman–Crippen LogP) is 4.39. The predicted molar refractivity (Wildman–Crippen MR) is 105 cm³/mol. The minimum Gasteiger partial charge on any atom is -0.368 e. The third-order valence-corrected chi connectivity index (χ3v) is 5.98. The summed E-state index contributed by atoms with van der Waals surface area (Å²) in [4.78, 5) is 17.8. The Morgan fingerprint density at radius 1 is 1.08 bits per heavy atom. The Kier molecular flexibility index (Phi) is 4.44. The van der Waals surface area contributed by atoms with E-state index in [4.69, 9.17) is 0 Å². The lowest BCUT2D eigenvalue weighted by atomic mass is 10.2. The summed E-state index contributed by atoms with van der Waals surface area (Å²) in [6, 6.07) is 8.98. The molecule has 1 fully saturated rings. The number of halogens is 1. The van der Waals surface area contributed by atoms with Crippen LogP contribution in [0.25, 0.3) is 10.1 Å². The summed E-state index contributed by atoms with van der Waals surface area (Å²) in [5.41, 5.74) is 1.01. The average molecular weight is 371 g/mol. The van der Waals surface area contributed by atoms with Crippen LogP contribution in [0, 0.1) is 5.82 Å². The van der Waals surface area contributed by atoms with Crippen LogP contribution in [-0.2, 0) is 0 Å². The van der Waals surface area contributed by atoms with Gasteiger partial charge in [-0.3, -0.25) is 4.79 Å². The van der Waals surface area contributed by atoms with E-state index in [1.807, 2.05) is 11.0 Å². The zero-order chi connectivity index (χ0) is 18.3. The molecule has 0 aliphatic carbocycles. The van der Waals surface area contributed by atoms with Crippen LogP contribution in [0.1, 0.15) is 29.6 Å². The fourth-order valence-electron chi connectivity index (χ4n) is 3.33. The summed E-state index contributed by atoms with van der Waals surface area (Å²) in [7, 11) is 0. The van der Waals surface area contributed by atoms with E-state index in [9.17, 15) is 9.18 Å². The van der Waals surface area contributed by atoms with Crippen LogP contribution in [0.4, 0.5) is 10.1 Å². The van der Waals surface area contributed by atoms with Gasteiger partial charge in [0.2, 0.25) is 0 Å². The molecule has 1 amide bonds. The van der Waals surface area contributed by atoms with Gasteiger partial charge in [0.15, 0.2) is 0 Å². The van der Waals surface area contributed by atoms with Gasteiger partial charge < -0.3 is 14.4 Å². The van der Waals surface area contributed by atoms with Gasteiger partial charge >= 0.3 is 0 Å². The second-order valence-corrected chi connectivity index (χ2v) is 8.07. The quantitative estimate of drug-likeness (QED) is 0.683. The lowest BCUT2D eigenvalue weighted by molar-refractivity contribution is 0.0752. The third kappa shape index (κ3) is 3.21. The number of nitrogens with zero attached hydrogens (tertiary/aromatic N) is 3. The molecular formula is C20H22FN3OS. The average Bonchev–Trinajstić information content (AvgIpc) is 3.21. The molecule has 1 aliphatic rings. The molecule has 136 valence electrons. The number of fused-ring (bicyclic) bond motifs is 1. The minimum atomic E-state index is -0.224. The van der Waals surface area contributed by atoms with E-state index in [1.165, 1.54) is 12.1 Å². The van der Waals surface area contributed by atoms with Gasteiger partial charge in [0.1, 0.15) is 5.82 Å². The highest BCUT2D eigenvalue weighted by Crippen LogP contribution is 2.29. The van der Waals surface area contributed by atoms with E-state index in [0.717, 1.165) is 33.7 Å². The van der Waals surface area contributed by atoms with Crippen molar-refractivity contribution < 1.29 is 9.18 Å². The van der Waals surface area contributed by atoms with Crippen molar-refractivity contribution >= 4 is 33.0 Å². The van der Waals surface area contributed by atoms with Crippen LogP contribution in [-0.4, -0.2) is 41.6 Å². The van der Waals surface area contributed by atoms with Gasteiger partial charge in [-0.2, -0.15) is 0 Å². The zero-order valence-corrected chi connectivity index (χ0v) is 15.8. The van der Waals surface area contributed by atoms with Crippen LogP contribution in [0.2, 0.25) is 0 Å². The van der Waals surface area contributed by atoms with Crippen LogP contribution in [0.15, 0.2) is 42.7 Å². The summed E-state index contributed by atoms with van der Waals surface area (Å²) < 4.78 is 16.4. The molecule has 1 aliphatic heterocycles. The smallest absolute Gasteiger partial charge is 0.264 e. The van der Waals surface area contributed by atoms with Crippen molar-refractivity contribution in [2.75, 3.05) is 31.1 Å². The zero-order valence-electron chi connectivity index (χ0n) is 15.0. The Morgan fingerprint density at radius 2 is 1.77 bits per heavy atom. The molecule has 0 unspecified atom stereocenters. The first-order valence-electron chi connectivity index (χ1n) is 8.92. The maximum atomic E-state index is 13.1. The number of piperazine rings is 1. The first-order chi connectivity index (χ1) is 12.5. The number of hydrogen-bond acceptors (Lipinski definition) is 3. The highest BCUT2D eigenvalue weighted by molar-refractivity contribution is 7.20. The molecule has 3 aromatic rings. The van der Waals surface area contributed by atoms with Crippen molar-refractivity contribution in [1.82, 2.24) is 9.47 Å². The standard InChI is InChI=1S/C20H22FN3OS/c1-14(2)24-12-15-11-18(26-19(15)13-24)20(25)23-9-7-22(8-10-23)17-5-3-16(21)4-6-17/h3-6,11-14H,7-10H2,1-2H3. The third-order valence-electron chi connectivity index (χ3n) is 4.91. The van der Waals surface area contributed by atoms with E-state index >= 15 is 0 Å². The number of rotatable bonds is 3. The van der Waals surface area contributed by atoms with E-state index in [0.29, 0.717) is 19.1 Å². The molecule has 4 rings (SSSR count). The number of carbonyl (C=O) groups excluding carboxylic acids is 1. The highest BCUT2D eigenvalue weighted by atomic mass is 32.1. The largest absolute Gasteiger partial charge is 0.368 e. The Morgan fingerprint density at radius 3 is 2.38 bits per heavy atom. The van der Waals surface area contributed by atoms with E-state index < -0.39 is 0 Å². The van der Waals surface area contributed by atoms with Crippen LogP contribution in [0.3, 0.4) is 0 Å². The maximum Gasteiger partial charge on any atom is 0.264 e. The number of hydrogen-bond donors (Lipinski definition) is 0. The molecule has 6 heteroatoms. The summed E-state index contributed by atoms with van der Waals surface area (Å²) in [6.07, 6.45) is 4.23. The fourth-order valence-corrected chi connectivity index (χ4v) is 4.38. The first-order valence-corrected chi connectivity index (χ1v) is 9.74. The number of thiophene rings is 1. The van der Waals surface area contributed by atoms with Crippen molar-refractivity contribution in [2.45, 2.75) is 19.9 Å². The number of aromatic nitrogens is 1. The van der Waals surface area contributed by atoms with Crippen molar-refractivity contribution in [3.8, 4) is 0 Å². The SMILES string of the molecule is CC(C)n1cc2cc(C(=O)N3CCN(c4ccc(F)cc4)CC3)sc2c1. The summed E-state index contributed by atoms with van der Waals surface area (Å²) in [5.74, 6) is -0.112. The molecule has 26 heavy (non-hydrogen) atoms. The van der Waals surface area contributed by atoms with Gasteiger partial charge in [-0.05, 0) is 44.2 Å². The van der Waals surface area contributed by atoms with Gasteiger partial charge in [0.25, 0.3) is 5.91 Å². The molecule has 1 aromatic carbocycles. The van der Waals surface area contributed by atoms with Gasteiger partial charge in [0, 0.05) is 55.7 Å². The molecule has 0 radical (unpaired) electrons. The Labute approximate surface area is 156 Å². The number of anilines is 1. The van der Waals surface area contributed by atoms with E-state index in [1.54, 1.807) is 23.5 Å². The fraction of sp³-hybridized carbons (Fsp3) is 0.350. The van der Waals surface area contributed by atoms with Crippen molar-refractivity contribution in [3.05, 3.63) is 53.4 Å². The molecule has 0 spiro atoms. The second kappa shape index (κ2) is 6.76. The Hall–Kier alpha value is -2.34. The van der Waals surface area contributed by atoms with Crippen LogP contribution >= 0.6 is 11.3 Å². The normalized spacial score (nSPS) is 15.2. The molecule has 4 nitrogen and oxygen atoms in total. The van der Waals surface area contributed by atoms with Crippen molar-refractivity contribution in [2.24, 2.45) is 0 Å². The Balaban J connectivity index is 1.43. The monoisotopic (exact) mass is 371 g/mol. The molecule has 1 saturated heterocycles. The van der Waals surface area contributed by atoms with E-state index in [-0.39, 0.29) is 11.7 Å². The molecule has 0 bridgehead atoms. The number of benzene rings is 1. The molecule has 0 N–H and O–H groups in total. The summed E-state index contributed by atoms with van der Waals surface area (Å²) in [6.45, 7) is 7.20. The molecule has 0 saturated carbocycles. The van der Waals surface area contributed by atoms with Gasteiger partial charge in [0.05, 0.1) is 9.58 Å². The topological polar surface area (TPSA) is 28.5 Å². The summed E-state index contributed by atoms with van der Waals surface area (Å²) in [5, 5.41) is 1.14. The minimum absolute atomic E-state index is 0.112. The molecule has 0 atom stereocenters. The summed E-state index contributed by atoms with van der Waals surface area (Å²) >= 11 is 1.57. The Bertz CT molecular complexity index is 889. The first kappa shape index (κ1) is 17.1. The maximum absolute atomic E-state index is 13.1. The van der Waals surface area contributed by atoms with Gasteiger partial charge in [-0.15, -0.1) is 11.3 Å². The van der Waals surface area contributed by atoms with Crippen LogP contribution < -0.4 is 4.90 Å². The second-order valence-electron chi connectivity index (χ2n) is 6.99. The molecular weight excluding hydrogens is 349 g/mol. The number of carbonyl (C=O) groups is 1. The number of amides is 1. The molecule has 3 heterocycles. The van der Waals surface area contributed by atoms with Crippen molar-refractivity contribution in [1.29, 1.82) is 0 Å². The van der Waals surface area contributed by atoms with Gasteiger partial charge in [-0.1, -0.05) is 0 Å². The van der Waals surface area contributed by atoms with Crippen LogP contribution in [0.5, 0.6) is 0 Å². The lowest BCUT2D eigenvalue weighted by Crippen LogP contribution is -2.48. The van der Waals surface area contributed by atoms with E-state index in [2.05, 4.69) is 35.7 Å². The highest BCUT2D eigenvalue weighted by Gasteiger charge is 2.24. The van der Waals surface area contributed by atoms with Gasteiger partial charge in [-0.25, -0.2) is 4.39 Å². The van der Waals surface area contributed by atoms with Crippen molar-refractivity contribution in [3.63, 3.8) is 0 Å². The lowest BCUT2D eigenvalue weighted by Gasteiger charge is -2.36.